The maximum absolute atomic E-state index is 6.23. The number of rotatable bonds is 4. The Morgan fingerprint density at radius 1 is 1.60 bits per heavy atom. The van der Waals surface area contributed by atoms with Crippen molar-refractivity contribution in [2.75, 3.05) is 0 Å². The van der Waals surface area contributed by atoms with Crippen LogP contribution in [0.15, 0.2) is 5.38 Å². The second-order valence-electron chi connectivity index (χ2n) is 4.50. The maximum atomic E-state index is 6.23. The van der Waals surface area contributed by atoms with Crippen LogP contribution in [-0.2, 0) is 11.3 Å². The lowest BCUT2D eigenvalue weighted by Gasteiger charge is -2.36. The van der Waals surface area contributed by atoms with Gasteiger partial charge in [-0.15, -0.1) is 11.3 Å². The first kappa shape index (κ1) is 11.4. The summed E-state index contributed by atoms with van der Waals surface area (Å²) in [5, 5.41) is 4.04. The van der Waals surface area contributed by atoms with Gasteiger partial charge in [-0.1, -0.05) is 13.8 Å². The molecule has 2 nitrogen and oxygen atoms in total. The first-order chi connectivity index (χ1) is 7.10. The van der Waals surface area contributed by atoms with E-state index in [-0.39, 0.29) is 5.54 Å². The summed E-state index contributed by atoms with van der Waals surface area (Å²) in [6.07, 6.45) is 3.46. The second-order valence-corrected chi connectivity index (χ2v) is 7.00. The number of thioether (sulfide) groups is 1. The van der Waals surface area contributed by atoms with E-state index in [0.29, 0.717) is 5.25 Å². The molecule has 1 aliphatic rings. The van der Waals surface area contributed by atoms with Crippen molar-refractivity contribution in [3.05, 3.63) is 16.1 Å². The van der Waals surface area contributed by atoms with Gasteiger partial charge in [0.05, 0.1) is 11.2 Å². The van der Waals surface area contributed by atoms with Crippen LogP contribution in [0.1, 0.15) is 43.8 Å². The number of hydrogen-bond acceptors (Lipinski definition) is 4. The first-order valence-corrected chi connectivity index (χ1v) is 7.38. The molecule has 1 aliphatic carbocycles. The van der Waals surface area contributed by atoms with Crippen LogP contribution in [0.2, 0.25) is 0 Å². The van der Waals surface area contributed by atoms with Crippen molar-refractivity contribution in [1.29, 1.82) is 0 Å². The van der Waals surface area contributed by atoms with Crippen LogP contribution in [0.3, 0.4) is 0 Å². The summed E-state index contributed by atoms with van der Waals surface area (Å²) in [7, 11) is 0. The summed E-state index contributed by atoms with van der Waals surface area (Å²) < 4.78 is 0. The molecule has 1 saturated carbocycles. The fraction of sp³-hybridized carbons (Fsp3) is 0.727. The monoisotopic (exact) mass is 242 g/mol. The zero-order valence-electron chi connectivity index (χ0n) is 9.32. The highest BCUT2D eigenvalue weighted by atomic mass is 32.2. The molecule has 0 aromatic carbocycles. The summed E-state index contributed by atoms with van der Waals surface area (Å²) in [5.74, 6) is 1.03. The zero-order valence-corrected chi connectivity index (χ0v) is 11.0. The third-order valence-electron chi connectivity index (χ3n) is 2.85. The molecule has 1 aromatic rings. The van der Waals surface area contributed by atoms with E-state index in [1.807, 2.05) is 11.8 Å². The first-order valence-electron chi connectivity index (χ1n) is 5.45. The quantitative estimate of drug-likeness (QED) is 0.881. The van der Waals surface area contributed by atoms with E-state index in [0.717, 1.165) is 24.3 Å². The molecule has 0 bridgehead atoms. The van der Waals surface area contributed by atoms with Gasteiger partial charge in [-0.25, -0.2) is 4.98 Å². The average molecular weight is 242 g/mol. The Morgan fingerprint density at radius 3 is 2.87 bits per heavy atom. The Labute approximate surface area is 99.7 Å². The fourth-order valence-electron chi connectivity index (χ4n) is 1.66. The third-order valence-corrected chi connectivity index (χ3v) is 4.99. The lowest BCUT2D eigenvalue weighted by Crippen LogP contribution is -2.43. The lowest BCUT2D eigenvalue weighted by molar-refractivity contribution is 0.247. The van der Waals surface area contributed by atoms with Crippen molar-refractivity contribution >= 4 is 23.1 Å². The molecular weight excluding hydrogens is 224 g/mol. The lowest BCUT2D eigenvalue weighted by atomic mass is 9.76. The molecule has 0 aliphatic heterocycles. The molecule has 0 atom stereocenters. The van der Waals surface area contributed by atoms with Crippen molar-refractivity contribution in [3.63, 3.8) is 0 Å². The summed E-state index contributed by atoms with van der Waals surface area (Å²) in [4.78, 5) is 4.65. The van der Waals surface area contributed by atoms with Gasteiger partial charge in [0.25, 0.3) is 0 Å². The van der Waals surface area contributed by atoms with E-state index in [9.17, 15) is 0 Å². The van der Waals surface area contributed by atoms with Gasteiger partial charge in [-0.05, 0) is 24.5 Å². The predicted octanol–water partition coefficient (Wildman–Crippen LogP) is 3.12. The van der Waals surface area contributed by atoms with Crippen LogP contribution >= 0.6 is 23.1 Å². The summed E-state index contributed by atoms with van der Waals surface area (Å²) in [5.41, 5.74) is 7.27. The van der Waals surface area contributed by atoms with E-state index < -0.39 is 0 Å². The minimum Gasteiger partial charge on any atom is -0.320 e. The Kier molecular flexibility index (Phi) is 3.38. The summed E-state index contributed by atoms with van der Waals surface area (Å²) >= 11 is 3.70. The smallest absolute Gasteiger partial charge is 0.103 e. The van der Waals surface area contributed by atoms with Gasteiger partial charge in [0.1, 0.15) is 5.01 Å². The van der Waals surface area contributed by atoms with Crippen molar-refractivity contribution in [3.8, 4) is 0 Å². The van der Waals surface area contributed by atoms with Gasteiger partial charge in [-0.2, -0.15) is 11.8 Å². The van der Waals surface area contributed by atoms with Crippen molar-refractivity contribution < 1.29 is 0 Å². The standard InChI is InChI=1S/C11H18N2S2/c1-8(2)14-7-10-13-9(6-15-10)11(12)4-3-5-11/h6,8H,3-5,7,12H2,1-2H3. The number of hydrogen-bond donors (Lipinski definition) is 1. The van der Waals surface area contributed by atoms with E-state index >= 15 is 0 Å². The Hall–Kier alpha value is -0.0600. The molecule has 1 heterocycles. The molecule has 2 rings (SSSR count). The molecule has 15 heavy (non-hydrogen) atoms. The average Bonchev–Trinajstić information content (AvgIpc) is 2.59. The molecular formula is C11H18N2S2. The Bertz CT molecular complexity index is 329. The van der Waals surface area contributed by atoms with Crippen LogP contribution in [-0.4, -0.2) is 10.2 Å². The highest BCUT2D eigenvalue weighted by Gasteiger charge is 2.36. The molecule has 2 N–H and O–H groups in total. The number of nitrogens with two attached hydrogens (primary N) is 1. The molecule has 0 unspecified atom stereocenters. The zero-order chi connectivity index (χ0) is 10.9. The van der Waals surface area contributed by atoms with Gasteiger partial charge in [0, 0.05) is 11.1 Å². The summed E-state index contributed by atoms with van der Waals surface area (Å²) in [6, 6.07) is 0. The minimum absolute atomic E-state index is 0.0861. The largest absolute Gasteiger partial charge is 0.320 e. The van der Waals surface area contributed by atoms with Gasteiger partial charge in [0.15, 0.2) is 0 Å². The van der Waals surface area contributed by atoms with Gasteiger partial charge in [-0.3, -0.25) is 0 Å². The van der Waals surface area contributed by atoms with Gasteiger partial charge in [0.2, 0.25) is 0 Å². The predicted molar refractivity (Wildman–Crippen MR) is 68.3 cm³/mol. The van der Waals surface area contributed by atoms with Crippen LogP contribution in [0.25, 0.3) is 0 Å². The van der Waals surface area contributed by atoms with Gasteiger partial charge < -0.3 is 5.73 Å². The third kappa shape index (κ3) is 2.55. The maximum Gasteiger partial charge on any atom is 0.103 e. The van der Waals surface area contributed by atoms with Crippen LogP contribution in [0, 0.1) is 0 Å². The Morgan fingerprint density at radius 2 is 2.33 bits per heavy atom. The number of nitrogens with zero attached hydrogens (tertiary/aromatic N) is 1. The number of aromatic nitrogens is 1. The Balaban J connectivity index is 1.98. The van der Waals surface area contributed by atoms with Crippen LogP contribution in [0.5, 0.6) is 0 Å². The molecule has 84 valence electrons. The van der Waals surface area contributed by atoms with Crippen molar-refractivity contribution in [1.82, 2.24) is 4.98 Å². The van der Waals surface area contributed by atoms with E-state index in [1.165, 1.54) is 11.4 Å². The molecule has 4 heteroatoms. The van der Waals surface area contributed by atoms with Crippen molar-refractivity contribution in [2.45, 2.75) is 49.7 Å². The summed E-state index contributed by atoms with van der Waals surface area (Å²) in [6.45, 7) is 4.44. The van der Waals surface area contributed by atoms with E-state index in [2.05, 4.69) is 24.2 Å². The molecule has 0 saturated heterocycles. The van der Waals surface area contributed by atoms with E-state index in [1.54, 1.807) is 11.3 Å². The number of thiazole rings is 1. The fourth-order valence-corrected chi connectivity index (χ4v) is 3.36. The molecule has 0 radical (unpaired) electrons. The van der Waals surface area contributed by atoms with Crippen LogP contribution in [0.4, 0.5) is 0 Å². The molecule has 1 aromatic heterocycles. The molecule has 1 fully saturated rings. The molecule has 0 spiro atoms. The highest BCUT2D eigenvalue weighted by Crippen LogP contribution is 2.39. The highest BCUT2D eigenvalue weighted by molar-refractivity contribution is 7.99. The second kappa shape index (κ2) is 4.44. The van der Waals surface area contributed by atoms with Gasteiger partial charge >= 0.3 is 0 Å². The minimum atomic E-state index is -0.0861. The van der Waals surface area contributed by atoms with Crippen LogP contribution < -0.4 is 5.73 Å². The topological polar surface area (TPSA) is 38.9 Å². The van der Waals surface area contributed by atoms with Crippen molar-refractivity contribution in [2.24, 2.45) is 5.73 Å². The molecule has 0 amide bonds. The normalized spacial score (nSPS) is 19.2. The van der Waals surface area contributed by atoms with E-state index in [4.69, 9.17) is 5.73 Å². The SMILES string of the molecule is CC(C)SCc1nc(C2(N)CCC2)cs1.